The topological polar surface area (TPSA) is 75.4 Å². The van der Waals surface area contributed by atoms with E-state index in [0.29, 0.717) is 19.5 Å². The van der Waals surface area contributed by atoms with Gasteiger partial charge in [-0.25, -0.2) is 0 Å². The first kappa shape index (κ1) is 17.9. The maximum absolute atomic E-state index is 12.6. The highest BCUT2D eigenvalue weighted by molar-refractivity contribution is 5.81. The third-order valence-corrected chi connectivity index (χ3v) is 5.54. The number of likely N-dealkylation sites (tertiary alicyclic amines) is 1. The van der Waals surface area contributed by atoms with Crippen molar-refractivity contribution in [3.05, 3.63) is 35.9 Å². The minimum atomic E-state index is -0.132. The lowest BCUT2D eigenvalue weighted by Gasteiger charge is -2.21. The van der Waals surface area contributed by atoms with E-state index in [1.165, 1.54) is 5.56 Å². The second-order valence-corrected chi connectivity index (χ2v) is 7.57. The standard InChI is InChI=1S/C20H29N3O2/c1-14(22-20(25)16-9-5-6-10-16)11-19(24)23-12-17(18(21)13-23)15-7-3-2-4-8-15/h2-4,7-8,14,16-18H,5-6,9-13,21H2,1H3,(H,22,25)/t14?,17-,18+/m0/s1. The molecule has 0 spiro atoms. The number of hydrogen-bond donors (Lipinski definition) is 2. The van der Waals surface area contributed by atoms with Crippen molar-refractivity contribution in [1.82, 2.24) is 10.2 Å². The Kier molecular flexibility index (Phi) is 5.74. The van der Waals surface area contributed by atoms with E-state index >= 15 is 0 Å². The van der Waals surface area contributed by atoms with E-state index < -0.39 is 0 Å². The zero-order valence-electron chi connectivity index (χ0n) is 15.0. The first-order valence-electron chi connectivity index (χ1n) is 9.43. The van der Waals surface area contributed by atoms with Crippen molar-refractivity contribution in [3.63, 3.8) is 0 Å². The molecule has 2 amide bonds. The second kappa shape index (κ2) is 8.00. The fraction of sp³-hybridized carbons (Fsp3) is 0.600. The number of nitrogens with one attached hydrogen (secondary N) is 1. The Morgan fingerprint density at radius 1 is 1.20 bits per heavy atom. The van der Waals surface area contributed by atoms with Gasteiger partial charge < -0.3 is 16.0 Å². The van der Waals surface area contributed by atoms with Crippen LogP contribution in [0.5, 0.6) is 0 Å². The first-order valence-corrected chi connectivity index (χ1v) is 9.43. The number of carbonyl (C=O) groups is 2. The second-order valence-electron chi connectivity index (χ2n) is 7.57. The molecule has 1 aliphatic carbocycles. The summed E-state index contributed by atoms with van der Waals surface area (Å²) >= 11 is 0. The molecule has 1 aliphatic heterocycles. The van der Waals surface area contributed by atoms with Gasteiger partial charge in [-0.2, -0.15) is 0 Å². The Hall–Kier alpha value is -1.88. The Morgan fingerprint density at radius 2 is 1.88 bits per heavy atom. The van der Waals surface area contributed by atoms with Crippen LogP contribution >= 0.6 is 0 Å². The SMILES string of the molecule is CC(CC(=O)N1C[C@@H](N)[C@H](c2ccccc2)C1)NC(=O)C1CCCC1. The molecule has 1 saturated heterocycles. The average Bonchev–Trinajstić information content (AvgIpc) is 3.25. The molecule has 1 unspecified atom stereocenters. The van der Waals surface area contributed by atoms with Gasteiger partial charge in [-0.15, -0.1) is 0 Å². The summed E-state index contributed by atoms with van der Waals surface area (Å²) in [6.45, 7) is 3.16. The number of hydrogen-bond acceptors (Lipinski definition) is 3. The molecule has 0 bridgehead atoms. The van der Waals surface area contributed by atoms with Crippen molar-refractivity contribution < 1.29 is 9.59 Å². The van der Waals surface area contributed by atoms with E-state index in [2.05, 4.69) is 17.4 Å². The summed E-state index contributed by atoms with van der Waals surface area (Å²) in [5.41, 5.74) is 7.46. The van der Waals surface area contributed by atoms with Gasteiger partial charge in [0, 0.05) is 43.4 Å². The van der Waals surface area contributed by atoms with Crippen LogP contribution in [0.15, 0.2) is 30.3 Å². The monoisotopic (exact) mass is 343 g/mol. The van der Waals surface area contributed by atoms with Crippen molar-refractivity contribution in [2.45, 2.75) is 57.0 Å². The van der Waals surface area contributed by atoms with Crippen LogP contribution in [-0.2, 0) is 9.59 Å². The molecular weight excluding hydrogens is 314 g/mol. The highest BCUT2D eigenvalue weighted by Crippen LogP contribution is 2.27. The van der Waals surface area contributed by atoms with Crippen LogP contribution in [0, 0.1) is 5.92 Å². The highest BCUT2D eigenvalue weighted by atomic mass is 16.2. The lowest BCUT2D eigenvalue weighted by molar-refractivity contribution is -0.131. The van der Waals surface area contributed by atoms with Crippen molar-refractivity contribution in [1.29, 1.82) is 0 Å². The zero-order valence-corrected chi connectivity index (χ0v) is 15.0. The fourth-order valence-corrected chi connectivity index (χ4v) is 4.08. The number of carbonyl (C=O) groups excluding carboxylic acids is 2. The first-order chi connectivity index (χ1) is 12.0. The van der Waals surface area contributed by atoms with Gasteiger partial charge in [0.1, 0.15) is 0 Å². The third-order valence-electron chi connectivity index (χ3n) is 5.54. The van der Waals surface area contributed by atoms with Crippen LogP contribution < -0.4 is 11.1 Å². The Balaban J connectivity index is 1.50. The van der Waals surface area contributed by atoms with E-state index in [-0.39, 0.29) is 35.7 Å². The summed E-state index contributed by atoms with van der Waals surface area (Å²) in [4.78, 5) is 26.6. The maximum atomic E-state index is 12.6. The molecule has 1 aromatic rings. The summed E-state index contributed by atoms with van der Waals surface area (Å²) in [7, 11) is 0. The third kappa shape index (κ3) is 4.40. The molecule has 3 N–H and O–H groups in total. The molecule has 0 radical (unpaired) electrons. The van der Waals surface area contributed by atoms with Crippen LogP contribution in [0.4, 0.5) is 0 Å². The molecule has 5 heteroatoms. The zero-order chi connectivity index (χ0) is 17.8. The minimum absolute atomic E-state index is 0.0327. The lowest BCUT2D eigenvalue weighted by Crippen LogP contribution is -2.41. The van der Waals surface area contributed by atoms with E-state index in [0.717, 1.165) is 25.7 Å². The van der Waals surface area contributed by atoms with E-state index in [1.807, 2.05) is 30.0 Å². The molecule has 3 atom stereocenters. The molecule has 1 aromatic carbocycles. The molecule has 2 fully saturated rings. The van der Waals surface area contributed by atoms with Crippen LogP contribution in [0.25, 0.3) is 0 Å². The van der Waals surface area contributed by atoms with E-state index in [9.17, 15) is 9.59 Å². The molecule has 3 rings (SSSR count). The molecule has 5 nitrogen and oxygen atoms in total. The van der Waals surface area contributed by atoms with Gasteiger partial charge in [0.2, 0.25) is 11.8 Å². The summed E-state index contributed by atoms with van der Waals surface area (Å²) in [5, 5.41) is 3.01. The predicted molar refractivity (Wildman–Crippen MR) is 97.9 cm³/mol. The summed E-state index contributed by atoms with van der Waals surface area (Å²) in [5.74, 6) is 0.514. The average molecular weight is 343 g/mol. The molecule has 25 heavy (non-hydrogen) atoms. The Morgan fingerprint density at radius 3 is 2.56 bits per heavy atom. The van der Waals surface area contributed by atoms with Gasteiger partial charge >= 0.3 is 0 Å². The van der Waals surface area contributed by atoms with E-state index in [1.54, 1.807) is 0 Å². The largest absolute Gasteiger partial charge is 0.353 e. The van der Waals surface area contributed by atoms with Crippen molar-refractivity contribution >= 4 is 11.8 Å². The molecule has 1 heterocycles. The van der Waals surface area contributed by atoms with Gasteiger partial charge in [0.05, 0.1) is 0 Å². The predicted octanol–water partition coefficient (Wildman–Crippen LogP) is 2.02. The summed E-state index contributed by atoms with van der Waals surface area (Å²) in [6.07, 6.45) is 4.57. The van der Waals surface area contributed by atoms with Gasteiger partial charge in [0.25, 0.3) is 0 Å². The summed E-state index contributed by atoms with van der Waals surface area (Å²) in [6, 6.07) is 9.98. The number of nitrogens with zero attached hydrogens (tertiary/aromatic N) is 1. The van der Waals surface area contributed by atoms with Crippen molar-refractivity contribution in [2.24, 2.45) is 11.7 Å². The molecule has 136 valence electrons. The lowest BCUT2D eigenvalue weighted by atomic mass is 9.95. The van der Waals surface area contributed by atoms with Gasteiger partial charge in [0.15, 0.2) is 0 Å². The van der Waals surface area contributed by atoms with Gasteiger partial charge in [-0.3, -0.25) is 9.59 Å². The smallest absolute Gasteiger partial charge is 0.224 e. The molecule has 2 aliphatic rings. The van der Waals surface area contributed by atoms with Crippen LogP contribution in [0.3, 0.4) is 0 Å². The normalized spacial score (nSPS) is 25.1. The fourth-order valence-electron chi connectivity index (χ4n) is 4.08. The maximum Gasteiger partial charge on any atom is 0.224 e. The Labute approximate surface area is 150 Å². The minimum Gasteiger partial charge on any atom is -0.353 e. The van der Waals surface area contributed by atoms with Gasteiger partial charge in [-0.05, 0) is 25.3 Å². The molecule has 1 saturated carbocycles. The Bertz CT molecular complexity index is 598. The van der Waals surface area contributed by atoms with Crippen LogP contribution in [0.1, 0.15) is 50.5 Å². The quantitative estimate of drug-likeness (QED) is 0.859. The van der Waals surface area contributed by atoms with Gasteiger partial charge in [-0.1, -0.05) is 43.2 Å². The number of rotatable bonds is 5. The summed E-state index contributed by atoms with van der Waals surface area (Å²) < 4.78 is 0. The number of benzene rings is 1. The van der Waals surface area contributed by atoms with Crippen LogP contribution in [-0.4, -0.2) is 41.9 Å². The van der Waals surface area contributed by atoms with Crippen molar-refractivity contribution in [3.8, 4) is 0 Å². The number of nitrogens with two attached hydrogens (primary N) is 1. The molecular formula is C20H29N3O2. The highest BCUT2D eigenvalue weighted by Gasteiger charge is 2.34. The molecule has 0 aromatic heterocycles. The number of amides is 2. The van der Waals surface area contributed by atoms with E-state index in [4.69, 9.17) is 5.73 Å². The van der Waals surface area contributed by atoms with Crippen LogP contribution in [0.2, 0.25) is 0 Å². The van der Waals surface area contributed by atoms with Crippen molar-refractivity contribution in [2.75, 3.05) is 13.1 Å².